The molecule has 3 aromatic rings. The van der Waals surface area contributed by atoms with Crippen LogP contribution in [0, 0.1) is 6.92 Å². The van der Waals surface area contributed by atoms with Crippen LogP contribution in [0.25, 0.3) is 11.3 Å². The molecule has 0 saturated carbocycles. The largest absolute Gasteiger partial charge is 0.772 e. The normalized spacial score (nSPS) is 15.2. The smallest absolute Gasteiger partial charge is 0.417 e. The van der Waals surface area contributed by atoms with E-state index in [1.54, 1.807) is 48.0 Å². The van der Waals surface area contributed by atoms with Gasteiger partial charge in [0, 0.05) is 36.3 Å². The number of hydrogen-bond acceptors (Lipinski definition) is 4. The fraction of sp³-hybridized carbons (Fsp3) is 0.346. The van der Waals surface area contributed by atoms with Gasteiger partial charge in [-0.2, -0.15) is 13.2 Å². The van der Waals surface area contributed by atoms with Gasteiger partial charge in [-0.3, -0.25) is 9.00 Å². The topological polar surface area (TPSA) is 77.4 Å². The highest BCUT2D eigenvalue weighted by atomic mass is 32.2. The van der Waals surface area contributed by atoms with Crippen LogP contribution in [-0.2, 0) is 29.6 Å². The van der Waals surface area contributed by atoms with Crippen LogP contribution in [0.1, 0.15) is 39.9 Å². The van der Waals surface area contributed by atoms with Crippen LogP contribution in [0.2, 0.25) is 0 Å². The second-order valence-corrected chi connectivity index (χ2v) is 9.80. The van der Waals surface area contributed by atoms with E-state index < -0.39 is 28.7 Å². The Morgan fingerprint density at radius 3 is 2.36 bits per heavy atom. The highest BCUT2D eigenvalue weighted by Gasteiger charge is 2.35. The third kappa shape index (κ3) is 6.05. The van der Waals surface area contributed by atoms with Gasteiger partial charge in [0.05, 0.1) is 16.8 Å². The van der Waals surface area contributed by atoms with Crippen LogP contribution in [-0.4, -0.2) is 43.8 Å². The van der Waals surface area contributed by atoms with Gasteiger partial charge in [-0.15, -0.1) is 0 Å². The standard InChI is InChI=1S/C26H28F3N3O3S/c1-18-22(25(33)30-20-10-8-19(9-11-20)17-36(34)35)16-32(15-14-31-12-4-5-13-31)24(18)21-6-2-3-7-23(21)26(27,28)29/h2-3,6-11,16H,4-5,12-15,17H2,1H3,(H,30,33)(H,34,35)/p-1. The third-order valence-corrected chi connectivity index (χ3v) is 6.98. The maximum atomic E-state index is 13.9. The summed E-state index contributed by atoms with van der Waals surface area (Å²) in [6.45, 7) is 4.71. The summed E-state index contributed by atoms with van der Waals surface area (Å²) in [5.41, 5.74) is 1.46. The number of nitrogens with zero attached hydrogens (tertiary/aromatic N) is 2. The minimum absolute atomic E-state index is 0.0398. The van der Waals surface area contributed by atoms with Crippen molar-refractivity contribution in [2.45, 2.75) is 38.2 Å². The van der Waals surface area contributed by atoms with Crippen LogP contribution in [0.5, 0.6) is 0 Å². The number of amides is 1. The first-order valence-corrected chi connectivity index (χ1v) is 12.9. The summed E-state index contributed by atoms with van der Waals surface area (Å²) in [6, 6.07) is 11.8. The van der Waals surface area contributed by atoms with Crippen LogP contribution >= 0.6 is 0 Å². The Labute approximate surface area is 210 Å². The zero-order chi connectivity index (χ0) is 25.9. The van der Waals surface area contributed by atoms with Gasteiger partial charge in [-0.25, -0.2) is 0 Å². The molecular weight excluding hydrogens is 491 g/mol. The van der Waals surface area contributed by atoms with Crippen molar-refractivity contribution in [1.82, 2.24) is 9.47 Å². The van der Waals surface area contributed by atoms with Crippen molar-refractivity contribution in [3.05, 3.63) is 77.0 Å². The predicted octanol–water partition coefficient (Wildman–Crippen LogP) is 5.21. The van der Waals surface area contributed by atoms with Crippen molar-refractivity contribution in [1.29, 1.82) is 0 Å². The zero-order valence-electron chi connectivity index (χ0n) is 19.8. The molecule has 1 atom stereocenters. The lowest BCUT2D eigenvalue weighted by Crippen LogP contribution is -2.24. The summed E-state index contributed by atoms with van der Waals surface area (Å²) in [5.74, 6) is -0.576. The maximum Gasteiger partial charge on any atom is 0.417 e. The average Bonchev–Trinajstić information content (AvgIpc) is 3.45. The van der Waals surface area contributed by atoms with Crippen molar-refractivity contribution in [2.75, 3.05) is 25.0 Å². The summed E-state index contributed by atoms with van der Waals surface area (Å²) in [7, 11) is 0. The first-order chi connectivity index (χ1) is 17.1. The van der Waals surface area contributed by atoms with E-state index in [1.807, 2.05) is 0 Å². The Kier molecular flexibility index (Phi) is 7.97. The van der Waals surface area contributed by atoms with Gasteiger partial charge in [-0.05, 0) is 62.2 Å². The number of likely N-dealkylation sites (tertiary alicyclic amines) is 1. The molecule has 0 bridgehead atoms. The SMILES string of the molecule is Cc1c(C(=O)Nc2ccc(CS(=O)[O-])cc2)cn(CCN2CCCC2)c1-c1ccccc1C(F)(F)F. The van der Waals surface area contributed by atoms with E-state index in [1.165, 1.54) is 12.1 Å². The van der Waals surface area contributed by atoms with E-state index >= 15 is 0 Å². The highest BCUT2D eigenvalue weighted by molar-refractivity contribution is 7.78. The molecule has 0 spiro atoms. The van der Waals surface area contributed by atoms with Gasteiger partial charge in [0.25, 0.3) is 5.91 Å². The Hall–Kier alpha value is -2.95. The predicted molar refractivity (Wildman–Crippen MR) is 132 cm³/mol. The van der Waals surface area contributed by atoms with Crippen LogP contribution in [0.3, 0.4) is 0 Å². The van der Waals surface area contributed by atoms with Gasteiger partial charge in [0.1, 0.15) is 0 Å². The van der Waals surface area contributed by atoms with E-state index in [-0.39, 0.29) is 16.9 Å². The molecule has 0 aliphatic carbocycles. The number of anilines is 1. The van der Waals surface area contributed by atoms with Gasteiger partial charge < -0.3 is 19.3 Å². The summed E-state index contributed by atoms with van der Waals surface area (Å²) >= 11 is -2.22. The molecule has 1 aliphatic rings. The quantitative estimate of drug-likeness (QED) is 0.416. The van der Waals surface area contributed by atoms with Gasteiger partial charge in [-0.1, -0.05) is 41.4 Å². The third-order valence-electron chi connectivity index (χ3n) is 6.42. The molecule has 1 fully saturated rings. The number of carbonyl (C=O) groups excluding carboxylic acids is 1. The summed E-state index contributed by atoms with van der Waals surface area (Å²) < 4.78 is 65.1. The molecule has 1 saturated heterocycles. The second-order valence-electron chi connectivity index (χ2n) is 8.90. The van der Waals surface area contributed by atoms with Crippen molar-refractivity contribution in [2.24, 2.45) is 0 Å². The first-order valence-electron chi connectivity index (χ1n) is 11.7. The molecule has 1 N–H and O–H groups in total. The minimum atomic E-state index is -4.54. The summed E-state index contributed by atoms with van der Waals surface area (Å²) in [5, 5.41) is 2.77. The van der Waals surface area contributed by atoms with Crippen molar-refractivity contribution in [3.8, 4) is 11.3 Å². The Balaban J connectivity index is 1.67. The molecule has 1 unspecified atom stereocenters. The number of benzene rings is 2. The van der Waals surface area contributed by atoms with Gasteiger partial charge in [0.2, 0.25) is 0 Å². The molecular formula is C26H27F3N3O3S-. The van der Waals surface area contributed by atoms with Crippen LogP contribution in [0.4, 0.5) is 18.9 Å². The van der Waals surface area contributed by atoms with Crippen molar-refractivity contribution < 1.29 is 26.7 Å². The molecule has 2 heterocycles. The summed E-state index contributed by atoms with van der Waals surface area (Å²) in [6.07, 6.45) is -0.708. The molecule has 1 amide bonds. The fourth-order valence-corrected chi connectivity index (χ4v) is 5.10. The first kappa shape index (κ1) is 26.1. The van der Waals surface area contributed by atoms with Crippen molar-refractivity contribution >= 4 is 22.7 Å². The van der Waals surface area contributed by atoms with Gasteiger partial charge >= 0.3 is 6.18 Å². The lowest BCUT2D eigenvalue weighted by Gasteiger charge is -2.19. The molecule has 36 heavy (non-hydrogen) atoms. The number of alkyl halides is 3. The molecule has 1 aliphatic heterocycles. The Morgan fingerprint density at radius 2 is 1.72 bits per heavy atom. The maximum absolute atomic E-state index is 13.9. The number of carbonyl (C=O) groups is 1. The van der Waals surface area contributed by atoms with Crippen LogP contribution in [0.15, 0.2) is 54.7 Å². The van der Waals surface area contributed by atoms with E-state index in [2.05, 4.69) is 10.2 Å². The molecule has 0 radical (unpaired) electrons. The van der Waals surface area contributed by atoms with Crippen LogP contribution < -0.4 is 5.32 Å². The number of halogens is 3. The number of hydrogen-bond donors (Lipinski definition) is 1. The number of rotatable bonds is 8. The highest BCUT2D eigenvalue weighted by Crippen LogP contribution is 2.39. The van der Waals surface area contributed by atoms with E-state index in [9.17, 15) is 26.7 Å². The number of aromatic nitrogens is 1. The summed E-state index contributed by atoms with van der Waals surface area (Å²) in [4.78, 5) is 15.4. The van der Waals surface area contributed by atoms with Crippen molar-refractivity contribution in [3.63, 3.8) is 0 Å². The van der Waals surface area contributed by atoms with E-state index in [4.69, 9.17) is 0 Å². The monoisotopic (exact) mass is 518 g/mol. The molecule has 192 valence electrons. The lowest BCUT2D eigenvalue weighted by atomic mass is 10.00. The van der Waals surface area contributed by atoms with Gasteiger partial charge in [0.15, 0.2) is 0 Å². The average molecular weight is 519 g/mol. The zero-order valence-corrected chi connectivity index (χ0v) is 20.6. The Morgan fingerprint density at radius 1 is 1.06 bits per heavy atom. The molecule has 10 heteroatoms. The Bertz CT molecular complexity index is 1250. The number of nitrogens with one attached hydrogen (secondary N) is 1. The molecule has 4 rings (SSSR count). The molecule has 2 aromatic carbocycles. The minimum Gasteiger partial charge on any atom is -0.772 e. The second kappa shape index (κ2) is 11.0. The van der Waals surface area contributed by atoms with E-state index in [0.29, 0.717) is 35.6 Å². The molecule has 6 nitrogen and oxygen atoms in total. The fourth-order valence-electron chi connectivity index (χ4n) is 4.63. The molecule has 1 aromatic heterocycles. The lowest BCUT2D eigenvalue weighted by molar-refractivity contribution is -0.137. The van der Waals surface area contributed by atoms with E-state index in [0.717, 1.165) is 32.0 Å².